The summed E-state index contributed by atoms with van der Waals surface area (Å²) in [6.45, 7) is 10.2. The van der Waals surface area contributed by atoms with E-state index in [4.69, 9.17) is 0 Å². The molecule has 0 unspecified atom stereocenters. The minimum atomic E-state index is -3.37. The second kappa shape index (κ2) is 4.78. The Balaban J connectivity index is 3.35. The van der Waals surface area contributed by atoms with E-state index in [1.54, 1.807) is 13.0 Å². The van der Waals surface area contributed by atoms with Crippen LogP contribution in [0, 0.1) is 6.92 Å². The van der Waals surface area contributed by atoms with Gasteiger partial charge in [-0.1, -0.05) is 39.8 Å². The standard InChI is InChI=1S/C13H21NO2S/c1-6-14-17(15,16)12-9-11(13(3,4)5)8-7-10(12)2/h7-9,14H,6H2,1-5H3. The highest BCUT2D eigenvalue weighted by atomic mass is 32.2. The van der Waals surface area contributed by atoms with Gasteiger partial charge in [-0.3, -0.25) is 0 Å². The van der Waals surface area contributed by atoms with Crippen molar-refractivity contribution in [1.29, 1.82) is 0 Å². The second-order valence-electron chi connectivity index (χ2n) is 5.23. The summed E-state index contributed by atoms with van der Waals surface area (Å²) in [7, 11) is -3.37. The first kappa shape index (κ1) is 14.2. The molecule has 1 aromatic carbocycles. The summed E-state index contributed by atoms with van der Waals surface area (Å²) in [5.74, 6) is 0. The van der Waals surface area contributed by atoms with E-state index in [2.05, 4.69) is 25.5 Å². The molecule has 0 spiro atoms. The predicted octanol–water partition coefficient (Wildman–Crippen LogP) is 2.59. The van der Waals surface area contributed by atoms with E-state index in [9.17, 15) is 8.42 Å². The van der Waals surface area contributed by atoms with E-state index < -0.39 is 10.0 Å². The van der Waals surface area contributed by atoms with E-state index in [0.29, 0.717) is 11.4 Å². The number of benzene rings is 1. The molecule has 3 nitrogen and oxygen atoms in total. The Morgan fingerprint density at radius 2 is 1.82 bits per heavy atom. The summed E-state index contributed by atoms with van der Waals surface area (Å²) in [6, 6.07) is 5.62. The molecule has 0 aliphatic rings. The molecule has 0 saturated carbocycles. The van der Waals surface area contributed by atoms with Crippen molar-refractivity contribution < 1.29 is 8.42 Å². The summed E-state index contributed by atoms with van der Waals surface area (Å²) in [5.41, 5.74) is 1.75. The van der Waals surface area contributed by atoms with E-state index >= 15 is 0 Å². The van der Waals surface area contributed by atoms with Gasteiger partial charge in [0, 0.05) is 6.54 Å². The molecular weight excluding hydrogens is 234 g/mol. The molecule has 0 heterocycles. The summed E-state index contributed by atoms with van der Waals surface area (Å²) < 4.78 is 26.6. The normalized spacial score (nSPS) is 12.8. The van der Waals surface area contributed by atoms with Gasteiger partial charge in [-0.05, 0) is 29.5 Å². The molecule has 0 amide bonds. The van der Waals surface area contributed by atoms with Crippen molar-refractivity contribution in [3.05, 3.63) is 29.3 Å². The molecular formula is C13H21NO2S. The Bertz CT molecular complexity index is 499. The molecule has 1 aromatic rings. The fourth-order valence-corrected chi connectivity index (χ4v) is 2.93. The summed E-state index contributed by atoms with van der Waals surface area (Å²) >= 11 is 0. The highest BCUT2D eigenvalue weighted by Gasteiger charge is 2.20. The number of sulfonamides is 1. The van der Waals surface area contributed by atoms with Crippen LogP contribution in [-0.2, 0) is 15.4 Å². The van der Waals surface area contributed by atoms with Crippen LogP contribution < -0.4 is 4.72 Å². The molecule has 0 bridgehead atoms. The fourth-order valence-electron chi connectivity index (χ4n) is 1.62. The molecule has 0 aliphatic heterocycles. The van der Waals surface area contributed by atoms with Gasteiger partial charge in [0.05, 0.1) is 4.90 Å². The molecule has 1 rings (SSSR count). The van der Waals surface area contributed by atoms with Crippen LogP contribution in [0.15, 0.2) is 23.1 Å². The largest absolute Gasteiger partial charge is 0.240 e. The maximum absolute atomic E-state index is 12.0. The Kier molecular flexibility index (Phi) is 3.99. The molecule has 0 saturated heterocycles. The summed E-state index contributed by atoms with van der Waals surface area (Å²) in [5, 5.41) is 0. The van der Waals surface area contributed by atoms with Gasteiger partial charge in [-0.2, -0.15) is 0 Å². The minimum Gasteiger partial charge on any atom is -0.211 e. The van der Waals surface area contributed by atoms with Gasteiger partial charge in [0.2, 0.25) is 10.0 Å². The zero-order valence-electron chi connectivity index (χ0n) is 11.2. The van der Waals surface area contributed by atoms with Crippen LogP contribution in [0.3, 0.4) is 0 Å². The van der Waals surface area contributed by atoms with E-state index in [1.807, 2.05) is 19.1 Å². The van der Waals surface area contributed by atoms with Crippen LogP contribution in [0.4, 0.5) is 0 Å². The number of hydrogen-bond donors (Lipinski definition) is 1. The number of rotatable bonds is 3. The molecule has 0 aliphatic carbocycles. The summed E-state index contributed by atoms with van der Waals surface area (Å²) in [4.78, 5) is 0.381. The van der Waals surface area contributed by atoms with Crippen molar-refractivity contribution >= 4 is 10.0 Å². The topological polar surface area (TPSA) is 46.2 Å². The molecule has 0 atom stereocenters. The van der Waals surface area contributed by atoms with Gasteiger partial charge < -0.3 is 0 Å². The maximum Gasteiger partial charge on any atom is 0.240 e. The lowest BCUT2D eigenvalue weighted by Gasteiger charge is -2.20. The first-order chi connectivity index (χ1) is 7.68. The van der Waals surface area contributed by atoms with Gasteiger partial charge in [-0.15, -0.1) is 0 Å². The van der Waals surface area contributed by atoms with Gasteiger partial charge in [0.1, 0.15) is 0 Å². The lowest BCUT2D eigenvalue weighted by Crippen LogP contribution is -2.24. The van der Waals surface area contributed by atoms with Crippen LogP contribution in [0.2, 0.25) is 0 Å². The lowest BCUT2D eigenvalue weighted by atomic mass is 9.87. The lowest BCUT2D eigenvalue weighted by molar-refractivity contribution is 0.577. The fraction of sp³-hybridized carbons (Fsp3) is 0.538. The molecule has 4 heteroatoms. The average Bonchev–Trinajstić information content (AvgIpc) is 2.15. The van der Waals surface area contributed by atoms with Gasteiger partial charge in [-0.25, -0.2) is 13.1 Å². The summed E-state index contributed by atoms with van der Waals surface area (Å²) in [6.07, 6.45) is 0. The molecule has 1 N–H and O–H groups in total. The molecule has 17 heavy (non-hydrogen) atoms. The molecule has 96 valence electrons. The highest BCUT2D eigenvalue weighted by Crippen LogP contribution is 2.26. The second-order valence-corrected chi connectivity index (χ2v) is 6.97. The Morgan fingerprint density at radius 3 is 2.29 bits per heavy atom. The number of aryl methyl sites for hydroxylation is 1. The highest BCUT2D eigenvalue weighted by molar-refractivity contribution is 7.89. The van der Waals surface area contributed by atoms with Crippen LogP contribution >= 0.6 is 0 Å². The first-order valence-electron chi connectivity index (χ1n) is 5.79. The van der Waals surface area contributed by atoms with Crippen LogP contribution in [-0.4, -0.2) is 15.0 Å². The number of nitrogens with one attached hydrogen (secondary N) is 1. The van der Waals surface area contributed by atoms with Crippen molar-refractivity contribution in [2.45, 2.75) is 44.9 Å². The van der Waals surface area contributed by atoms with Crippen LogP contribution in [0.1, 0.15) is 38.8 Å². The maximum atomic E-state index is 12.0. The molecule has 0 fully saturated rings. The number of hydrogen-bond acceptors (Lipinski definition) is 2. The van der Waals surface area contributed by atoms with Crippen molar-refractivity contribution in [3.63, 3.8) is 0 Å². The third-order valence-corrected chi connectivity index (χ3v) is 4.37. The zero-order chi connectivity index (χ0) is 13.3. The monoisotopic (exact) mass is 255 g/mol. The molecule has 0 radical (unpaired) electrons. The van der Waals surface area contributed by atoms with Crippen molar-refractivity contribution in [2.24, 2.45) is 0 Å². The van der Waals surface area contributed by atoms with Crippen molar-refractivity contribution in [3.8, 4) is 0 Å². The minimum absolute atomic E-state index is 0.0514. The average molecular weight is 255 g/mol. The molecule has 0 aromatic heterocycles. The Morgan fingerprint density at radius 1 is 1.24 bits per heavy atom. The predicted molar refractivity (Wildman–Crippen MR) is 70.7 cm³/mol. The van der Waals surface area contributed by atoms with Gasteiger partial charge >= 0.3 is 0 Å². The smallest absolute Gasteiger partial charge is 0.211 e. The van der Waals surface area contributed by atoms with E-state index in [1.165, 1.54) is 0 Å². The van der Waals surface area contributed by atoms with Crippen molar-refractivity contribution in [1.82, 2.24) is 4.72 Å². The first-order valence-corrected chi connectivity index (χ1v) is 7.27. The van der Waals surface area contributed by atoms with E-state index in [-0.39, 0.29) is 5.41 Å². The van der Waals surface area contributed by atoms with Gasteiger partial charge in [0.25, 0.3) is 0 Å². The third-order valence-electron chi connectivity index (χ3n) is 2.68. The Labute approximate surface area is 104 Å². The zero-order valence-corrected chi connectivity index (χ0v) is 12.0. The SMILES string of the molecule is CCNS(=O)(=O)c1cc(C(C)(C)C)ccc1C. The third kappa shape index (κ3) is 3.30. The van der Waals surface area contributed by atoms with Crippen LogP contribution in [0.5, 0.6) is 0 Å². The van der Waals surface area contributed by atoms with Crippen molar-refractivity contribution in [2.75, 3.05) is 6.54 Å². The van der Waals surface area contributed by atoms with Crippen LogP contribution in [0.25, 0.3) is 0 Å². The van der Waals surface area contributed by atoms with E-state index in [0.717, 1.165) is 11.1 Å². The quantitative estimate of drug-likeness (QED) is 0.902. The Hall–Kier alpha value is -0.870. The van der Waals surface area contributed by atoms with Gasteiger partial charge in [0.15, 0.2) is 0 Å².